The van der Waals surface area contributed by atoms with E-state index in [4.69, 9.17) is 4.74 Å². The minimum Gasteiger partial charge on any atom is -0.377 e. The summed E-state index contributed by atoms with van der Waals surface area (Å²) in [5.41, 5.74) is 0. The lowest BCUT2D eigenvalue weighted by Crippen LogP contribution is -2.36. The number of ether oxygens (including phenoxy) is 1. The Kier molecular flexibility index (Phi) is 4.90. The maximum absolute atomic E-state index is 5.67. The molecule has 1 N–H and O–H groups in total. The number of hydrogen-bond acceptors (Lipinski definition) is 3. The molecule has 0 radical (unpaired) electrons. The van der Waals surface area contributed by atoms with Crippen molar-refractivity contribution in [2.45, 2.75) is 38.2 Å². The predicted octanol–water partition coefficient (Wildman–Crippen LogP) is 1.24. The fourth-order valence-electron chi connectivity index (χ4n) is 2.47. The van der Waals surface area contributed by atoms with Gasteiger partial charge < -0.3 is 15.0 Å². The third-order valence-corrected chi connectivity index (χ3v) is 3.45. The molecule has 0 aromatic heterocycles. The third-order valence-electron chi connectivity index (χ3n) is 3.45. The average molecular weight is 212 g/mol. The van der Waals surface area contributed by atoms with Crippen LogP contribution in [0.25, 0.3) is 0 Å². The van der Waals surface area contributed by atoms with Crippen molar-refractivity contribution in [3.8, 4) is 0 Å². The molecule has 0 aromatic rings. The first kappa shape index (κ1) is 11.4. The molecule has 0 spiro atoms. The van der Waals surface area contributed by atoms with E-state index in [9.17, 15) is 0 Å². The maximum atomic E-state index is 5.67. The molecule has 0 saturated carbocycles. The molecule has 2 fully saturated rings. The van der Waals surface area contributed by atoms with Crippen LogP contribution in [0.3, 0.4) is 0 Å². The zero-order valence-corrected chi connectivity index (χ0v) is 9.71. The van der Waals surface area contributed by atoms with E-state index < -0.39 is 0 Å². The normalized spacial score (nSPS) is 28.4. The van der Waals surface area contributed by atoms with E-state index in [-0.39, 0.29) is 0 Å². The van der Waals surface area contributed by atoms with Crippen molar-refractivity contribution in [1.82, 2.24) is 10.2 Å². The van der Waals surface area contributed by atoms with Crippen LogP contribution in [0.15, 0.2) is 0 Å². The van der Waals surface area contributed by atoms with Crippen molar-refractivity contribution in [3.63, 3.8) is 0 Å². The Balaban J connectivity index is 1.47. The lowest BCUT2D eigenvalue weighted by Gasteiger charge is -2.23. The molecule has 3 heteroatoms. The summed E-state index contributed by atoms with van der Waals surface area (Å²) in [6.45, 7) is 6.97. The first-order valence-corrected chi connectivity index (χ1v) is 6.50. The van der Waals surface area contributed by atoms with Crippen molar-refractivity contribution in [1.29, 1.82) is 0 Å². The maximum Gasteiger partial charge on any atom is 0.0699 e. The molecule has 0 aliphatic carbocycles. The first-order valence-electron chi connectivity index (χ1n) is 6.50. The Labute approximate surface area is 93.2 Å². The third kappa shape index (κ3) is 4.09. The molecular formula is C12H24N2O. The van der Waals surface area contributed by atoms with Gasteiger partial charge in [-0.05, 0) is 45.2 Å². The summed E-state index contributed by atoms with van der Waals surface area (Å²) >= 11 is 0. The first-order chi connectivity index (χ1) is 7.45. The van der Waals surface area contributed by atoms with Crippen LogP contribution in [0.5, 0.6) is 0 Å². The Morgan fingerprint density at radius 3 is 2.73 bits per heavy atom. The van der Waals surface area contributed by atoms with Crippen molar-refractivity contribution < 1.29 is 4.74 Å². The lowest BCUT2D eigenvalue weighted by molar-refractivity contribution is 0.0168. The van der Waals surface area contributed by atoms with Gasteiger partial charge in [0.2, 0.25) is 0 Å². The fourth-order valence-corrected chi connectivity index (χ4v) is 2.47. The van der Waals surface area contributed by atoms with E-state index in [1.54, 1.807) is 0 Å². The molecule has 0 aromatic carbocycles. The summed E-state index contributed by atoms with van der Waals surface area (Å²) < 4.78 is 5.67. The quantitative estimate of drug-likeness (QED) is 0.694. The zero-order chi connectivity index (χ0) is 10.3. The highest BCUT2D eigenvalue weighted by Crippen LogP contribution is 2.11. The average Bonchev–Trinajstić information content (AvgIpc) is 2.79. The molecule has 2 heterocycles. The summed E-state index contributed by atoms with van der Waals surface area (Å²) in [7, 11) is 0. The second-order valence-electron chi connectivity index (χ2n) is 4.74. The fraction of sp³-hybridized carbons (Fsp3) is 1.00. The molecule has 2 rings (SSSR count). The SMILES string of the molecule is C1CCC(CNCCN2CCCC2)OC1. The van der Waals surface area contributed by atoms with Crippen LogP contribution in [0.1, 0.15) is 32.1 Å². The number of nitrogens with zero attached hydrogens (tertiary/aromatic N) is 1. The van der Waals surface area contributed by atoms with Crippen LogP contribution < -0.4 is 5.32 Å². The number of likely N-dealkylation sites (tertiary alicyclic amines) is 1. The van der Waals surface area contributed by atoms with E-state index in [0.29, 0.717) is 6.10 Å². The van der Waals surface area contributed by atoms with Gasteiger partial charge in [-0.3, -0.25) is 0 Å². The van der Waals surface area contributed by atoms with Gasteiger partial charge in [-0.2, -0.15) is 0 Å². The summed E-state index contributed by atoms with van der Waals surface area (Å²) in [5.74, 6) is 0. The molecule has 2 aliphatic heterocycles. The van der Waals surface area contributed by atoms with Crippen molar-refractivity contribution >= 4 is 0 Å². The van der Waals surface area contributed by atoms with Gasteiger partial charge in [-0.1, -0.05) is 0 Å². The van der Waals surface area contributed by atoms with E-state index in [1.165, 1.54) is 51.7 Å². The van der Waals surface area contributed by atoms with E-state index in [1.807, 2.05) is 0 Å². The Morgan fingerprint density at radius 2 is 2.00 bits per heavy atom. The van der Waals surface area contributed by atoms with Gasteiger partial charge in [0.15, 0.2) is 0 Å². The van der Waals surface area contributed by atoms with Crippen molar-refractivity contribution in [3.05, 3.63) is 0 Å². The molecule has 0 bridgehead atoms. The molecule has 3 nitrogen and oxygen atoms in total. The molecule has 2 aliphatic rings. The van der Waals surface area contributed by atoms with Crippen molar-refractivity contribution in [2.24, 2.45) is 0 Å². The van der Waals surface area contributed by atoms with Crippen LogP contribution in [-0.4, -0.2) is 50.3 Å². The van der Waals surface area contributed by atoms with Crippen LogP contribution >= 0.6 is 0 Å². The molecule has 1 atom stereocenters. The monoisotopic (exact) mass is 212 g/mol. The van der Waals surface area contributed by atoms with Gasteiger partial charge in [0.1, 0.15) is 0 Å². The molecule has 0 amide bonds. The second kappa shape index (κ2) is 6.46. The van der Waals surface area contributed by atoms with Gasteiger partial charge in [0.05, 0.1) is 6.10 Å². The Hall–Kier alpha value is -0.120. The Bertz CT molecular complexity index is 163. The summed E-state index contributed by atoms with van der Waals surface area (Å²) in [6.07, 6.45) is 7.12. The highest BCUT2D eigenvalue weighted by atomic mass is 16.5. The summed E-state index contributed by atoms with van der Waals surface area (Å²) in [6, 6.07) is 0. The minimum absolute atomic E-state index is 0.484. The molecule has 88 valence electrons. The highest BCUT2D eigenvalue weighted by Gasteiger charge is 2.14. The largest absolute Gasteiger partial charge is 0.377 e. The van der Waals surface area contributed by atoms with Crippen LogP contribution in [0.2, 0.25) is 0 Å². The molecule has 15 heavy (non-hydrogen) atoms. The van der Waals surface area contributed by atoms with Gasteiger partial charge in [-0.15, -0.1) is 0 Å². The topological polar surface area (TPSA) is 24.5 Å². The number of rotatable bonds is 5. The summed E-state index contributed by atoms with van der Waals surface area (Å²) in [5, 5.41) is 3.52. The standard InChI is InChI=1S/C12H24N2O/c1-4-10-15-12(5-1)11-13-6-9-14-7-2-3-8-14/h12-13H,1-11H2. The van der Waals surface area contributed by atoms with Crippen LogP contribution in [0.4, 0.5) is 0 Å². The van der Waals surface area contributed by atoms with E-state index in [2.05, 4.69) is 10.2 Å². The predicted molar refractivity (Wildman–Crippen MR) is 62.1 cm³/mol. The van der Waals surface area contributed by atoms with Gasteiger partial charge in [-0.25, -0.2) is 0 Å². The summed E-state index contributed by atoms with van der Waals surface area (Å²) in [4.78, 5) is 2.55. The molecule has 2 saturated heterocycles. The molecule has 1 unspecified atom stereocenters. The van der Waals surface area contributed by atoms with Gasteiger partial charge >= 0.3 is 0 Å². The van der Waals surface area contributed by atoms with E-state index in [0.717, 1.165) is 19.7 Å². The van der Waals surface area contributed by atoms with Crippen LogP contribution in [-0.2, 0) is 4.74 Å². The van der Waals surface area contributed by atoms with Crippen molar-refractivity contribution in [2.75, 3.05) is 39.3 Å². The van der Waals surface area contributed by atoms with E-state index >= 15 is 0 Å². The Morgan fingerprint density at radius 1 is 1.13 bits per heavy atom. The smallest absolute Gasteiger partial charge is 0.0699 e. The number of nitrogens with one attached hydrogen (secondary N) is 1. The van der Waals surface area contributed by atoms with Gasteiger partial charge in [0.25, 0.3) is 0 Å². The minimum atomic E-state index is 0.484. The second-order valence-corrected chi connectivity index (χ2v) is 4.74. The molecular weight excluding hydrogens is 188 g/mol. The lowest BCUT2D eigenvalue weighted by atomic mass is 10.1. The zero-order valence-electron chi connectivity index (χ0n) is 9.71. The highest BCUT2D eigenvalue weighted by molar-refractivity contribution is 4.69. The van der Waals surface area contributed by atoms with Gasteiger partial charge in [0, 0.05) is 26.2 Å². The number of hydrogen-bond donors (Lipinski definition) is 1. The van der Waals surface area contributed by atoms with Crippen LogP contribution in [0, 0.1) is 0 Å².